The van der Waals surface area contributed by atoms with E-state index in [2.05, 4.69) is 24.4 Å². The summed E-state index contributed by atoms with van der Waals surface area (Å²) in [5.74, 6) is 0. The number of nitrogens with two attached hydrogens (primary N) is 1. The smallest absolute Gasteiger partial charge is 0.0702 e. The fraction of sp³-hybridized carbons (Fsp3) is 0.450. The summed E-state index contributed by atoms with van der Waals surface area (Å²) in [7, 11) is 1.08. The Morgan fingerprint density at radius 3 is 1.87 bits per heavy atom. The van der Waals surface area contributed by atoms with Crippen molar-refractivity contribution in [1.82, 2.24) is 4.98 Å². The zero-order chi connectivity index (χ0) is 18.5. The third-order valence-electron chi connectivity index (χ3n) is 2.12. The van der Waals surface area contributed by atoms with Gasteiger partial charge in [0.25, 0.3) is 0 Å². The number of pyridine rings is 1. The Bertz CT molecular complexity index is 431. The van der Waals surface area contributed by atoms with Crippen molar-refractivity contribution in [2.24, 2.45) is 5.73 Å². The Morgan fingerprint density at radius 1 is 0.870 bits per heavy atom. The summed E-state index contributed by atoms with van der Waals surface area (Å²) in [5, 5.41) is 0. The molecule has 0 bridgehead atoms. The van der Waals surface area contributed by atoms with Crippen LogP contribution in [0.15, 0.2) is 48.7 Å². The molecular formula is C20H37N2P. The van der Waals surface area contributed by atoms with E-state index in [1.165, 1.54) is 0 Å². The van der Waals surface area contributed by atoms with Crippen molar-refractivity contribution < 1.29 is 0 Å². The Kier molecular flexibility index (Phi) is 26.7. The monoisotopic (exact) mass is 336 g/mol. The second kappa shape index (κ2) is 23.0. The maximum absolute atomic E-state index is 5.58. The molecule has 3 heteroatoms. The largest absolute Gasteiger partial charge is 0.326 e. The van der Waals surface area contributed by atoms with Gasteiger partial charge in [0.05, 0.1) is 5.69 Å². The Morgan fingerprint density at radius 2 is 1.43 bits per heavy atom. The van der Waals surface area contributed by atoms with E-state index in [1.54, 1.807) is 6.20 Å². The second-order valence-electron chi connectivity index (χ2n) is 3.62. The lowest BCUT2D eigenvalue weighted by Gasteiger charge is -2.02. The molecule has 0 fully saturated rings. The number of nitrogens with zero attached hydrogens (tertiary/aromatic N) is 1. The van der Waals surface area contributed by atoms with Crippen molar-refractivity contribution >= 4 is 8.58 Å². The third-order valence-corrected chi connectivity index (χ3v) is 2.12. The quantitative estimate of drug-likeness (QED) is 0.662. The van der Waals surface area contributed by atoms with Crippen LogP contribution in [0.5, 0.6) is 0 Å². The van der Waals surface area contributed by atoms with Crippen LogP contribution in [0.1, 0.15) is 47.1 Å². The minimum Gasteiger partial charge on any atom is -0.326 e. The Hall–Kier alpha value is -1.24. The molecule has 0 aliphatic heterocycles. The van der Waals surface area contributed by atoms with E-state index in [0.717, 1.165) is 25.4 Å². The zero-order valence-corrected chi connectivity index (χ0v) is 17.4. The van der Waals surface area contributed by atoms with E-state index in [-0.39, 0.29) is 0 Å². The van der Waals surface area contributed by atoms with Gasteiger partial charge in [-0.2, -0.15) is 0 Å². The summed E-state index contributed by atoms with van der Waals surface area (Å²) < 4.78 is 0. The summed E-state index contributed by atoms with van der Waals surface area (Å²) in [6.07, 6.45) is 1.80. The highest BCUT2D eigenvalue weighted by molar-refractivity contribution is 7.35. The van der Waals surface area contributed by atoms with E-state index in [4.69, 9.17) is 5.73 Å². The molecule has 0 amide bonds. The molecule has 1 aromatic carbocycles. The molecule has 2 aromatic rings. The normalized spacial score (nSPS) is 7.70. The number of hydrogen-bond acceptors (Lipinski definition) is 2. The highest BCUT2D eigenvalue weighted by Crippen LogP contribution is 2.17. The van der Waals surface area contributed by atoms with Gasteiger partial charge < -0.3 is 5.73 Å². The molecule has 0 atom stereocenters. The summed E-state index contributed by atoms with van der Waals surface area (Å²) >= 11 is 0. The average molecular weight is 337 g/mol. The van der Waals surface area contributed by atoms with Gasteiger partial charge in [0.2, 0.25) is 0 Å². The van der Waals surface area contributed by atoms with Crippen LogP contribution in [0.4, 0.5) is 0 Å². The third kappa shape index (κ3) is 14.1. The molecule has 2 rings (SSSR count). The zero-order valence-electron chi connectivity index (χ0n) is 16.4. The molecular weight excluding hydrogens is 299 g/mol. The molecule has 23 heavy (non-hydrogen) atoms. The molecule has 0 aliphatic carbocycles. The highest BCUT2D eigenvalue weighted by Gasteiger charge is 1.97. The van der Waals surface area contributed by atoms with Crippen LogP contribution in [-0.2, 0) is 6.54 Å². The minimum absolute atomic E-state index is 0.570. The summed E-state index contributed by atoms with van der Waals surface area (Å²) in [5.41, 5.74) is 8.82. The van der Waals surface area contributed by atoms with Gasteiger partial charge in [0.15, 0.2) is 0 Å². The van der Waals surface area contributed by atoms with Crippen LogP contribution >= 0.6 is 8.58 Å². The lowest BCUT2D eigenvalue weighted by molar-refractivity contribution is 1.07. The lowest BCUT2D eigenvalue weighted by atomic mass is 10.1. The van der Waals surface area contributed by atoms with Crippen LogP contribution in [0, 0.1) is 0 Å². The minimum atomic E-state index is 0.570. The molecule has 0 unspecified atom stereocenters. The summed E-state index contributed by atoms with van der Waals surface area (Å²) in [6, 6.07) is 14.0. The maximum Gasteiger partial charge on any atom is 0.0702 e. The molecule has 2 nitrogen and oxygen atoms in total. The first-order valence-corrected chi connectivity index (χ1v) is 10.6. The molecule has 0 saturated heterocycles. The Balaban J connectivity index is -0.000000382. The van der Waals surface area contributed by atoms with Crippen molar-refractivity contribution in [3.63, 3.8) is 0 Å². The van der Waals surface area contributed by atoms with Crippen LogP contribution < -0.4 is 5.73 Å². The summed E-state index contributed by atoms with van der Waals surface area (Å²) in [4.78, 5) is 4.28. The van der Waals surface area contributed by atoms with Crippen molar-refractivity contribution in [2.45, 2.75) is 48.1 Å². The molecule has 1 aromatic heterocycles. The molecule has 0 saturated carbocycles. The molecule has 0 radical (unpaired) electrons. The average Bonchev–Trinajstić information content (AvgIpc) is 2.68. The fourth-order valence-corrected chi connectivity index (χ4v) is 1.39. The van der Waals surface area contributed by atoms with E-state index >= 15 is 0 Å². The standard InChI is InChI=1S/C12H12N2.C2H7P.3C2H6/c13-9-10-4-3-5-11(8-10)12-6-1-2-7-14-12;1-3-2;3*1-2/h1-8H,9,13H2;3H,1-2H3;3*1-2H3. The Labute approximate surface area is 146 Å². The fourth-order valence-electron chi connectivity index (χ4n) is 1.39. The van der Waals surface area contributed by atoms with Gasteiger partial charge >= 0.3 is 0 Å². The van der Waals surface area contributed by atoms with Crippen molar-refractivity contribution in [3.8, 4) is 11.3 Å². The van der Waals surface area contributed by atoms with Gasteiger partial charge in [0, 0.05) is 18.3 Å². The lowest BCUT2D eigenvalue weighted by Crippen LogP contribution is -1.95. The van der Waals surface area contributed by atoms with Crippen molar-refractivity contribution in [3.05, 3.63) is 54.2 Å². The topological polar surface area (TPSA) is 38.9 Å². The van der Waals surface area contributed by atoms with Crippen LogP contribution in [0.2, 0.25) is 0 Å². The first-order valence-electron chi connectivity index (χ1n) is 8.60. The van der Waals surface area contributed by atoms with Crippen molar-refractivity contribution in [2.75, 3.05) is 13.3 Å². The van der Waals surface area contributed by atoms with E-state index in [9.17, 15) is 0 Å². The van der Waals surface area contributed by atoms with Crippen LogP contribution in [-0.4, -0.2) is 18.3 Å². The molecule has 2 N–H and O–H groups in total. The van der Waals surface area contributed by atoms with Gasteiger partial charge in [0.1, 0.15) is 0 Å². The number of benzene rings is 1. The predicted molar refractivity (Wildman–Crippen MR) is 112 cm³/mol. The molecule has 132 valence electrons. The van der Waals surface area contributed by atoms with E-state index < -0.39 is 0 Å². The van der Waals surface area contributed by atoms with Gasteiger partial charge in [-0.1, -0.05) is 65.8 Å². The second-order valence-corrected chi connectivity index (χ2v) is 4.62. The van der Waals surface area contributed by atoms with Gasteiger partial charge in [-0.3, -0.25) is 4.98 Å². The van der Waals surface area contributed by atoms with Gasteiger partial charge in [-0.25, -0.2) is 0 Å². The number of rotatable bonds is 2. The van der Waals surface area contributed by atoms with Crippen LogP contribution in [0.25, 0.3) is 11.3 Å². The van der Waals surface area contributed by atoms with E-state index in [1.807, 2.05) is 77.9 Å². The first-order chi connectivity index (χ1) is 11.3. The van der Waals surface area contributed by atoms with Gasteiger partial charge in [-0.05, 0) is 37.1 Å². The van der Waals surface area contributed by atoms with Crippen molar-refractivity contribution in [1.29, 1.82) is 0 Å². The molecule has 1 heterocycles. The molecule has 0 spiro atoms. The number of aromatic nitrogens is 1. The summed E-state index contributed by atoms with van der Waals surface area (Å²) in [6.45, 7) is 16.9. The number of hydrogen-bond donors (Lipinski definition) is 1. The van der Waals surface area contributed by atoms with Crippen LogP contribution in [0.3, 0.4) is 0 Å². The van der Waals surface area contributed by atoms with E-state index in [0.29, 0.717) is 6.54 Å². The highest BCUT2D eigenvalue weighted by atomic mass is 31.1. The first kappa shape index (κ1) is 26.6. The molecule has 0 aliphatic rings. The SMILES string of the molecule is CC.CC.CC.CPC.NCc1cccc(-c2ccccn2)c1. The maximum atomic E-state index is 5.58. The van der Waals surface area contributed by atoms with Gasteiger partial charge in [-0.15, -0.1) is 8.58 Å². The predicted octanol–water partition coefficient (Wildman–Crippen LogP) is 6.21.